The summed E-state index contributed by atoms with van der Waals surface area (Å²) in [5, 5.41) is 0. The Balaban J connectivity index is 1.95. The van der Waals surface area contributed by atoms with E-state index in [2.05, 4.69) is 9.64 Å². The van der Waals surface area contributed by atoms with Crippen molar-refractivity contribution in [2.75, 3.05) is 11.4 Å². The number of fused-ring (bicyclic) bond motifs is 1. The lowest BCUT2D eigenvalue weighted by molar-refractivity contribution is -0.274. The Morgan fingerprint density at radius 3 is 2.55 bits per heavy atom. The fourth-order valence-electron chi connectivity index (χ4n) is 2.61. The highest BCUT2D eigenvalue weighted by Crippen LogP contribution is 2.36. The lowest BCUT2D eigenvalue weighted by atomic mass is 10.1. The molecule has 1 aliphatic rings. The first-order valence-electron chi connectivity index (χ1n) is 6.83. The van der Waals surface area contributed by atoms with Crippen molar-refractivity contribution in [3.8, 4) is 5.75 Å². The molecule has 1 aliphatic heterocycles. The standard InChI is InChI=1S/C17H14F3NO/c1-12-11-14(22-17(18,19)20)8-9-15(12)21-10-4-6-13-5-2-3-7-16(13)21/h2-9,11H,10H2,1H3. The van der Waals surface area contributed by atoms with Crippen LogP contribution in [0.2, 0.25) is 0 Å². The summed E-state index contributed by atoms with van der Waals surface area (Å²) in [7, 11) is 0. The largest absolute Gasteiger partial charge is 0.573 e. The van der Waals surface area contributed by atoms with Crippen molar-refractivity contribution < 1.29 is 17.9 Å². The van der Waals surface area contributed by atoms with Gasteiger partial charge in [0, 0.05) is 17.9 Å². The van der Waals surface area contributed by atoms with E-state index in [1.807, 2.05) is 36.4 Å². The number of halogens is 3. The molecule has 0 spiro atoms. The van der Waals surface area contributed by atoms with Crippen LogP contribution in [0.1, 0.15) is 11.1 Å². The molecule has 0 aliphatic carbocycles. The van der Waals surface area contributed by atoms with Crippen LogP contribution in [0.3, 0.4) is 0 Å². The molecule has 2 nitrogen and oxygen atoms in total. The Kier molecular flexibility index (Phi) is 3.56. The summed E-state index contributed by atoms with van der Waals surface area (Å²) < 4.78 is 40.8. The second-order valence-corrected chi connectivity index (χ2v) is 5.07. The molecular formula is C17H14F3NO. The SMILES string of the molecule is Cc1cc(OC(F)(F)F)ccc1N1CC=Cc2ccccc21. The van der Waals surface area contributed by atoms with Gasteiger partial charge in [-0.2, -0.15) is 0 Å². The van der Waals surface area contributed by atoms with E-state index in [9.17, 15) is 13.2 Å². The minimum Gasteiger partial charge on any atom is -0.406 e. The molecule has 0 unspecified atom stereocenters. The second kappa shape index (κ2) is 5.40. The van der Waals surface area contributed by atoms with E-state index in [1.54, 1.807) is 13.0 Å². The highest BCUT2D eigenvalue weighted by Gasteiger charge is 2.31. The summed E-state index contributed by atoms with van der Waals surface area (Å²) in [4.78, 5) is 2.07. The first-order chi connectivity index (χ1) is 10.4. The van der Waals surface area contributed by atoms with Gasteiger partial charge in [0.15, 0.2) is 0 Å². The fraction of sp³-hybridized carbons (Fsp3) is 0.176. The van der Waals surface area contributed by atoms with Crippen LogP contribution >= 0.6 is 0 Å². The molecule has 0 amide bonds. The minimum absolute atomic E-state index is 0.199. The summed E-state index contributed by atoms with van der Waals surface area (Å²) in [6.45, 7) is 2.46. The molecule has 0 fully saturated rings. The Morgan fingerprint density at radius 1 is 1.05 bits per heavy atom. The third-order valence-corrected chi connectivity index (χ3v) is 3.51. The number of hydrogen-bond acceptors (Lipinski definition) is 2. The Labute approximate surface area is 126 Å². The predicted octanol–water partition coefficient (Wildman–Crippen LogP) is 5.06. The van der Waals surface area contributed by atoms with Crippen LogP contribution in [0.4, 0.5) is 24.5 Å². The van der Waals surface area contributed by atoms with Crippen molar-refractivity contribution in [1.82, 2.24) is 0 Å². The summed E-state index contributed by atoms with van der Waals surface area (Å²) >= 11 is 0. The number of aryl methyl sites for hydroxylation is 1. The molecule has 2 aromatic rings. The quantitative estimate of drug-likeness (QED) is 0.769. The van der Waals surface area contributed by atoms with Gasteiger partial charge in [0.2, 0.25) is 0 Å². The summed E-state index contributed by atoms with van der Waals surface area (Å²) in [6.07, 6.45) is -0.599. The van der Waals surface area contributed by atoms with Crippen LogP contribution in [-0.4, -0.2) is 12.9 Å². The van der Waals surface area contributed by atoms with Crippen LogP contribution < -0.4 is 9.64 Å². The van der Waals surface area contributed by atoms with E-state index in [-0.39, 0.29) is 5.75 Å². The minimum atomic E-state index is -4.67. The topological polar surface area (TPSA) is 12.5 Å². The monoisotopic (exact) mass is 305 g/mol. The number of alkyl halides is 3. The normalized spacial score (nSPS) is 13.9. The first-order valence-corrected chi connectivity index (χ1v) is 6.83. The van der Waals surface area contributed by atoms with E-state index in [4.69, 9.17) is 0 Å². The molecule has 0 radical (unpaired) electrons. The van der Waals surface area contributed by atoms with Crippen LogP contribution in [-0.2, 0) is 0 Å². The molecule has 22 heavy (non-hydrogen) atoms. The molecule has 2 aromatic carbocycles. The Hall–Kier alpha value is -2.43. The Bertz CT molecular complexity index is 722. The number of benzene rings is 2. The summed E-state index contributed by atoms with van der Waals surface area (Å²) in [5.41, 5.74) is 3.72. The highest BCUT2D eigenvalue weighted by molar-refractivity contribution is 5.78. The molecule has 3 rings (SSSR count). The van der Waals surface area contributed by atoms with Gasteiger partial charge >= 0.3 is 6.36 Å². The zero-order chi connectivity index (χ0) is 15.7. The first kappa shape index (κ1) is 14.5. The highest BCUT2D eigenvalue weighted by atomic mass is 19.4. The predicted molar refractivity (Wildman–Crippen MR) is 80.3 cm³/mol. The van der Waals surface area contributed by atoms with Gasteiger partial charge in [-0.3, -0.25) is 0 Å². The van der Waals surface area contributed by atoms with E-state index >= 15 is 0 Å². The number of ether oxygens (including phenoxy) is 1. The lowest BCUT2D eigenvalue weighted by Crippen LogP contribution is -2.21. The van der Waals surface area contributed by atoms with Gasteiger partial charge in [-0.05, 0) is 42.3 Å². The van der Waals surface area contributed by atoms with Gasteiger partial charge in [0.25, 0.3) is 0 Å². The molecule has 0 bridgehead atoms. The zero-order valence-corrected chi connectivity index (χ0v) is 11.9. The van der Waals surface area contributed by atoms with Crippen LogP contribution in [0.15, 0.2) is 48.5 Å². The number of para-hydroxylation sites is 1. The van der Waals surface area contributed by atoms with E-state index in [0.717, 1.165) is 22.5 Å². The average molecular weight is 305 g/mol. The third-order valence-electron chi connectivity index (χ3n) is 3.51. The number of rotatable bonds is 2. The fourth-order valence-corrected chi connectivity index (χ4v) is 2.61. The maximum atomic E-state index is 12.3. The third kappa shape index (κ3) is 2.93. The molecule has 114 valence electrons. The average Bonchev–Trinajstić information content (AvgIpc) is 2.45. The van der Waals surface area contributed by atoms with E-state index in [1.165, 1.54) is 12.1 Å². The molecular weight excluding hydrogens is 291 g/mol. The molecule has 0 saturated carbocycles. The van der Waals surface area contributed by atoms with Gasteiger partial charge < -0.3 is 9.64 Å². The summed E-state index contributed by atoms with van der Waals surface area (Å²) in [5.74, 6) is -0.199. The Morgan fingerprint density at radius 2 is 1.82 bits per heavy atom. The summed E-state index contributed by atoms with van der Waals surface area (Å²) in [6, 6.07) is 12.3. The van der Waals surface area contributed by atoms with Crippen molar-refractivity contribution in [3.63, 3.8) is 0 Å². The van der Waals surface area contributed by atoms with Crippen molar-refractivity contribution in [1.29, 1.82) is 0 Å². The second-order valence-electron chi connectivity index (χ2n) is 5.07. The van der Waals surface area contributed by atoms with Crippen molar-refractivity contribution in [2.24, 2.45) is 0 Å². The van der Waals surface area contributed by atoms with Gasteiger partial charge in [0.05, 0.1) is 0 Å². The molecule has 0 saturated heterocycles. The van der Waals surface area contributed by atoms with Gasteiger partial charge in [0.1, 0.15) is 5.75 Å². The number of anilines is 2. The van der Waals surface area contributed by atoms with Crippen LogP contribution in [0, 0.1) is 6.92 Å². The maximum Gasteiger partial charge on any atom is 0.573 e. The lowest BCUT2D eigenvalue weighted by Gasteiger charge is -2.29. The van der Waals surface area contributed by atoms with Crippen molar-refractivity contribution >= 4 is 17.5 Å². The van der Waals surface area contributed by atoms with Gasteiger partial charge in [-0.25, -0.2) is 0 Å². The molecule has 5 heteroatoms. The van der Waals surface area contributed by atoms with Crippen LogP contribution in [0.5, 0.6) is 5.75 Å². The van der Waals surface area contributed by atoms with Crippen molar-refractivity contribution in [2.45, 2.75) is 13.3 Å². The molecule has 0 N–H and O–H groups in total. The molecule has 0 atom stereocenters. The molecule has 0 aromatic heterocycles. The number of hydrogen-bond donors (Lipinski definition) is 0. The van der Waals surface area contributed by atoms with Gasteiger partial charge in [-0.15, -0.1) is 13.2 Å². The smallest absolute Gasteiger partial charge is 0.406 e. The van der Waals surface area contributed by atoms with Crippen LogP contribution in [0.25, 0.3) is 6.08 Å². The van der Waals surface area contributed by atoms with E-state index in [0.29, 0.717) is 6.54 Å². The number of nitrogens with zero attached hydrogens (tertiary/aromatic N) is 1. The van der Waals surface area contributed by atoms with Crippen molar-refractivity contribution in [3.05, 3.63) is 59.7 Å². The zero-order valence-electron chi connectivity index (χ0n) is 11.9. The van der Waals surface area contributed by atoms with E-state index < -0.39 is 6.36 Å². The van der Waals surface area contributed by atoms with Gasteiger partial charge in [-0.1, -0.05) is 30.4 Å². The maximum absolute atomic E-state index is 12.3. The molecule has 1 heterocycles.